The summed E-state index contributed by atoms with van der Waals surface area (Å²) in [4.78, 5) is 13.6. The van der Waals surface area contributed by atoms with Gasteiger partial charge in [-0.2, -0.15) is 0 Å². The van der Waals surface area contributed by atoms with E-state index in [4.69, 9.17) is 17.3 Å². The van der Waals surface area contributed by atoms with E-state index in [9.17, 15) is 4.79 Å². The third kappa shape index (κ3) is 3.72. The molecule has 5 heteroatoms. The van der Waals surface area contributed by atoms with Crippen LogP contribution in [0.15, 0.2) is 18.2 Å². The highest BCUT2D eigenvalue weighted by Gasteiger charge is 2.22. The van der Waals surface area contributed by atoms with Crippen LogP contribution in [0.5, 0.6) is 0 Å². The molecule has 2 rings (SSSR count). The third-order valence-electron chi connectivity index (χ3n) is 3.77. The van der Waals surface area contributed by atoms with E-state index >= 15 is 0 Å². The summed E-state index contributed by atoms with van der Waals surface area (Å²) in [6.45, 7) is 6.18. The Morgan fingerprint density at radius 2 is 2.35 bits per heavy atom. The fourth-order valence-electron chi connectivity index (χ4n) is 2.68. The Balaban J connectivity index is 2.11. The molecule has 1 fully saturated rings. The number of amides is 1. The van der Waals surface area contributed by atoms with Crippen molar-refractivity contribution in [3.8, 4) is 0 Å². The first-order valence-corrected chi connectivity index (χ1v) is 7.52. The average molecular weight is 296 g/mol. The molecule has 20 heavy (non-hydrogen) atoms. The van der Waals surface area contributed by atoms with Gasteiger partial charge in [-0.3, -0.25) is 9.69 Å². The molecule has 0 radical (unpaired) electrons. The zero-order chi connectivity index (χ0) is 14.5. The first-order valence-electron chi connectivity index (χ1n) is 7.14. The lowest BCUT2D eigenvalue weighted by Gasteiger charge is -2.28. The summed E-state index contributed by atoms with van der Waals surface area (Å²) in [7, 11) is 0. The highest BCUT2D eigenvalue weighted by atomic mass is 35.5. The first-order chi connectivity index (χ1) is 9.61. The number of rotatable bonds is 6. The second-order valence-electron chi connectivity index (χ2n) is 5.29. The van der Waals surface area contributed by atoms with Crippen LogP contribution in [0, 0.1) is 0 Å². The molecule has 1 heterocycles. The number of hydrogen-bond donors (Lipinski definition) is 2. The van der Waals surface area contributed by atoms with Gasteiger partial charge in [-0.25, -0.2) is 0 Å². The average Bonchev–Trinajstić information content (AvgIpc) is 2.94. The van der Waals surface area contributed by atoms with Gasteiger partial charge in [-0.05, 0) is 43.6 Å². The normalized spacial score (nSPS) is 18.6. The van der Waals surface area contributed by atoms with Crippen molar-refractivity contribution < 1.29 is 4.79 Å². The summed E-state index contributed by atoms with van der Waals surface area (Å²) in [6, 6.07) is 5.89. The second-order valence-corrected chi connectivity index (χ2v) is 5.69. The van der Waals surface area contributed by atoms with Gasteiger partial charge in [-0.15, -0.1) is 0 Å². The maximum absolute atomic E-state index is 11.1. The Morgan fingerprint density at radius 3 is 2.90 bits per heavy atom. The van der Waals surface area contributed by atoms with E-state index in [1.807, 2.05) is 6.07 Å². The number of primary amides is 1. The fraction of sp³-hybridized carbons (Fsp3) is 0.533. The molecule has 0 spiro atoms. The van der Waals surface area contributed by atoms with Gasteiger partial charge in [0.1, 0.15) is 0 Å². The Bertz CT molecular complexity index is 472. The number of nitrogens with two attached hydrogens (primary N) is 1. The maximum Gasteiger partial charge on any atom is 0.248 e. The molecule has 3 N–H and O–H groups in total. The van der Waals surface area contributed by atoms with Gasteiger partial charge >= 0.3 is 0 Å². The van der Waals surface area contributed by atoms with Crippen molar-refractivity contribution in [2.24, 2.45) is 5.73 Å². The van der Waals surface area contributed by atoms with Gasteiger partial charge < -0.3 is 11.1 Å². The molecule has 1 aliphatic rings. The number of halogens is 1. The largest absolute Gasteiger partial charge is 0.366 e. The lowest BCUT2D eigenvalue weighted by Crippen LogP contribution is -2.37. The third-order valence-corrected chi connectivity index (χ3v) is 4.12. The summed E-state index contributed by atoms with van der Waals surface area (Å²) in [5, 5.41) is 4.02. The molecular formula is C15H22ClN3O. The van der Waals surface area contributed by atoms with Crippen molar-refractivity contribution in [3.63, 3.8) is 0 Å². The number of nitrogens with zero attached hydrogens (tertiary/aromatic N) is 1. The van der Waals surface area contributed by atoms with E-state index in [0.717, 1.165) is 38.2 Å². The van der Waals surface area contributed by atoms with E-state index in [-0.39, 0.29) is 0 Å². The van der Waals surface area contributed by atoms with Crippen LogP contribution in [-0.4, -0.2) is 36.5 Å². The summed E-state index contributed by atoms with van der Waals surface area (Å²) < 4.78 is 0. The van der Waals surface area contributed by atoms with Gasteiger partial charge in [0, 0.05) is 29.7 Å². The topological polar surface area (TPSA) is 58.4 Å². The van der Waals surface area contributed by atoms with Crippen LogP contribution in [0.2, 0.25) is 5.02 Å². The SMILES string of the molecule is CCCN(Cc1ccc(C(N)=O)cc1Cl)C1CCNC1. The van der Waals surface area contributed by atoms with Crippen LogP contribution in [0.3, 0.4) is 0 Å². The molecule has 1 atom stereocenters. The second kappa shape index (κ2) is 7.07. The molecule has 4 nitrogen and oxygen atoms in total. The van der Waals surface area contributed by atoms with E-state index in [1.54, 1.807) is 12.1 Å². The van der Waals surface area contributed by atoms with Crippen LogP contribution in [-0.2, 0) is 6.54 Å². The first kappa shape index (κ1) is 15.3. The maximum atomic E-state index is 11.1. The van der Waals surface area contributed by atoms with Crippen molar-refractivity contribution in [2.45, 2.75) is 32.4 Å². The van der Waals surface area contributed by atoms with E-state index in [2.05, 4.69) is 17.1 Å². The molecule has 1 unspecified atom stereocenters. The molecule has 0 saturated carbocycles. The van der Waals surface area contributed by atoms with Crippen LogP contribution in [0.25, 0.3) is 0 Å². The van der Waals surface area contributed by atoms with Crippen molar-refractivity contribution in [2.75, 3.05) is 19.6 Å². The monoisotopic (exact) mass is 295 g/mol. The molecule has 0 aromatic heterocycles. The minimum atomic E-state index is -0.441. The van der Waals surface area contributed by atoms with Gasteiger partial charge in [0.2, 0.25) is 5.91 Å². The molecule has 1 aromatic rings. The van der Waals surface area contributed by atoms with Gasteiger partial charge in [0.05, 0.1) is 0 Å². The highest BCUT2D eigenvalue weighted by molar-refractivity contribution is 6.31. The Hall–Kier alpha value is -1.10. The lowest BCUT2D eigenvalue weighted by molar-refractivity contribution is 0.1000. The van der Waals surface area contributed by atoms with Gasteiger partial charge in [0.15, 0.2) is 0 Å². The standard InChI is InChI=1S/C15H22ClN3O/c1-2-7-19(13-5-6-18-9-13)10-12-4-3-11(15(17)20)8-14(12)16/h3-4,8,13,18H,2,5-7,9-10H2,1H3,(H2,17,20). The Labute approximate surface area is 125 Å². The Kier molecular flexibility index (Phi) is 5.40. The summed E-state index contributed by atoms with van der Waals surface area (Å²) in [6.07, 6.45) is 2.30. The quantitative estimate of drug-likeness (QED) is 0.844. The van der Waals surface area contributed by atoms with Crippen molar-refractivity contribution in [1.82, 2.24) is 10.2 Å². The fourth-order valence-corrected chi connectivity index (χ4v) is 2.92. The number of carbonyl (C=O) groups excluding carboxylic acids is 1. The molecule has 1 aromatic carbocycles. The van der Waals surface area contributed by atoms with Crippen LogP contribution >= 0.6 is 11.6 Å². The number of benzene rings is 1. The minimum Gasteiger partial charge on any atom is -0.366 e. The molecule has 1 saturated heterocycles. The zero-order valence-corrected chi connectivity index (χ0v) is 12.6. The molecular weight excluding hydrogens is 274 g/mol. The van der Waals surface area contributed by atoms with E-state index < -0.39 is 5.91 Å². The Morgan fingerprint density at radius 1 is 1.55 bits per heavy atom. The van der Waals surface area contributed by atoms with Crippen molar-refractivity contribution >= 4 is 17.5 Å². The lowest BCUT2D eigenvalue weighted by atomic mass is 10.1. The minimum absolute atomic E-state index is 0.441. The van der Waals surface area contributed by atoms with Crippen LogP contribution in [0.4, 0.5) is 0 Å². The predicted molar refractivity (Wildman–Crippen MR) is 81.9 cm³/mol. The summed E-state index contributed by atoms with van der Waals surface area (Å²) >= 11 is 6.27. The van der Waals surface area contributed by atoms with Crippen molar-refractivity contribution in [1.29, 1.82) is 0 Å². The molecule has 1 aliphatic heterocycles. The van der Waals surface area contributed by atoms with Crippen molar-refractivity contribution in [3.05, 3.63) is 34.3 Å². The summed E-state index contributed by atoms with van der Waals surface area (Å²) in [5.74, 6) is -0.441. The van der Waals surface area contributed by atoms with E-state index in [1.165, 1.54) is 6.42 Å². The van der Waals surface area contributed by atoms with Crippen LogP contribution < -0.4 is 11.1 Å². The number of carbonyl (C=O) groups is 1. The molecule has 110 valence electrons. The predicted octanol–water partition coefficient (Wildman–Crippen LogP) is 2.01. The number of hydrogen-bond acceptors (Lipinski definition) is 3. The van der Waals surface area contributed by atoms with Gasteiger partial charge in [0.25, 0.3) is 0 Å². The molecule has 1 amide bonds. The zero-order valence-electron chi connectivity index (χ0n) is 11.9. The number of nitrogens with one attached hydrogen (secondary N) is 1. The van der Waals surface area contributed by atoms with Gasteiger partial charge in [-0.1, -0.05) is 24.6 Å². The highest BCUT2D eigenvalue weighted by Crippen LogP contribution is 2.22. The molecule has 0 aliphatic carbocycles. The van der Waals surface area contributed by atoms with E-state index in [0.29, 0.717) is 16.6 Å². The van der Waals surface area contributed by atoms with Crippen LogP contribution in [0.1, 0.15) is 35.7 Å². The molecule has 0 bridgehead atoms. The summed E-state index contributed by atoms with van der Waals surface area (Å²) in [5.41, 5.74) is 6.78. The smallest absolute Gasteiger partial charge is 0.248 e.